The number of nitrogens with zero attached hydrogens (tertiary/aromatic N) is 3. The van der Waals surface area contributed by atoms with E-state index in [9.17, 15) is 4.79 Å². The van der Waals surface area contributed by atoms with E-state index in [1.165, 1.54) is 22.9 Å². The van der Waals surface area contributed by atoms with Gasteiger partial charge in [-0.25, -0.2) is 0 Å². The minimum Gasteiger partial charge on any atom is -0.378 e. The molecule has 1 atom stereocenters. The molecule has 3 aromatic rings. The molecule has 0 spiro atoms. The Hall–Kier alpha value is -2.64. The molecular weight excluding hydrogens is 420 g/mol. The van der Waals surface area contributed by atoms with Crippen LogP contribution in [0.3, 0.4) is 0 Å². The number of carbonyl (C=O) groups excluding carboxylic acids is 1. The van der Waals surface area contributed by atoms with Crippen molar-refractivity contribution in [3.8, 4) is 0 Å². The number of hydrogen-bond donors (Lipinski definition) is 1. The fraction of sp³-hybridized carbons (Fsp3) is 0.400. The summed E-state index contributed by atoms with van der Waals surface area (Å²) in [5, 5.41) is 13.1. The zero-order chi connectivity index (χ0) is 22.5. The van der Waals surface area contributed by atoms with Crippen molar-refractivity contribution < 1.29 is 9.53 Å². The molecule has 0 aliphatic carbocycles. The maximum Gasteiger partial charge on any atom is 0.191 e. The van der Waals surface area contributed by atoms with Gasteiger partial charge in [-0.15, -0.1) is 10.2 Å². The summed E-state index contributed by atoms with van der Waals surface area (Å²) in [6, 6.07) is 14.1. The van der Waals surface area contributed by atoms with Crippen LogP contribution in [0.1, 0.15) is 45.7 Å². The van der Waals surface area contributed by atoms with Crippen LogP contribution in [0.15, 0.2) is 47.6 Å². The average Bonchev–Trinajstić information content (AvgIpc) is 3.42. The molecule has 1 saturated heterocycles. The number of anilines is 1. The molecule has 32 heavy (non-hydrogen) atoms. The van der Waals surface area contributed by atoms with Gasteiger partial charge in [-0.3, -0.25) is 4.79 Å². The number of hydrogen-bond acceptors (Lipinski definition) is 6. The summed E-state index contributed by atoms with van der Waals surface area (Å²) < 4.78 is 7.98. The smallest absolute Gasteiger partial charge is 0.191 e. The molecular formula is C25H30N4O2S. The lowest BCUT2D eigenvalue weighted by molar-refractivity contribution is 0.0942. The van der Waals surface area contributed by atoms with Crippen LogP contribution in [-0.4, -0.2) is 39.0 Å². The fourth-order valence-electron chi connectivity index (χ4n) is 3.87. The molecule has 2 heterocycles. The molecule has 7 heteroatoms. The topological polar surface area (TPSA) is 69.0 Å². The molecule has 1 aromatic heterocycles. The van der Waals surface area contributed by atoms with Crippen molar-refractivity contribution in [3.63, 3.8) is 0 Å². The predicted molar refractivity (Wildman–Crippen MR) is 128 cm³/mol. The first-order valence-electron chi connectivity index (χ1n) is 11.1. The first kappa shape index (κ1) is 22.6. The Labute approximate surface area is 193 Å². The van der Waals surface area contributed by atoms with Crippen molar-refractivity contribution in [3.05, 3.63) is 70.5 Å². The third-order valence-electron chi connectivity index (χ3n) is 5.73. The van der Waals surface area contributed by atoms with Crippen LogP contribution in [0.25, 0.3) is 0 Å². The van der Waals surface area contributed by atoms with Gasteiger partial charge in [0, 0.05) is 17.9 Å². The number of rotatable bonds is 9. The molecule has 1 fully saturated rings. The molecule has 0 bridgehead atoms. The van der Waals surface area contributed by atoms with E-state index < -0.39 is 0 Å². The van der Waals surface area contributed by atoms with E-state index >= 15 is 0 Å². The second-order valence-corrected chi connectivity index (χ2v) is 9.34. The lowest BCUT2D eigenvalue weighted by Gasteiger charge is -2.16. The number of aromatic nitrogens is 3. The quantitative estimate of drug-likeness (QED) is 0.367. The van der Waals surface area contributed by atoms with E-state index in [0.717, 1.165) is 47.2 Å². The summed E-state index contributed by atoms with van der Waals surface area (Å²) in [4.78, 5) is 12.7. The Bertz CT molecular complexity index is 1070. The van der Waals surface area contributed by atoms with E-state index in [-0.39, 0.29) is 11.9 Å². The number of thioether (sulfide) groups is 1. The molecule has 4 rings (SSSR count). The maximum absolute atomic E-state index is 12.7. The summed E-state index contributed by atoms with van der Waals surface area (Å²) in [5.41, 5.74) is 5.41. The standard InChI is InChI=1S/C25H30N4O2S/c1-17-6-9-20(10-7-17)23(30)16-32-25-28-27-24(29(25)15-21-5-4-12-31-21)14-26-22-11-8-18(2)13-19(22)3/h6-11,13,21,26H,4-5,12,14-16H2,1-3H3/t21-/m0/s1. The maximum atomic E-state index is 12.7. The van der Waals surface area contributed by atoms with Crippen LogP contribution >= 0.6 is 11.8 Å². The number of aryl methyl sites for hydroxylation is 3. The number of Topliss-reactive ketones (excluding diaryl/α,β-unsaturated/α-hetero) is 1. The fourth-order valence-corrected chi connectivity index (χ4v) is 4.73. The minimum atomic E-state index is 0.0941. The number of ether oxygens (including phenoxy) is 1. The summed E-state index contributed by atoms with van der Waals surface area (Å²) in [5.74, 6) is 1.28. The van der Waals surface area contributed by atoms with Crippen LogP contribution in [-0.2, 0) is 17.8 Å². The summed E-state index contributed by atoms with van der Waals surface area (Å²) in [7, 11) is 0. The Morgan fingerprint density at radius 2 is 1.91 bits per heavy atom. The highest BCUT2D eigenvalue weighted by molar-refractivity contribution is 7.99. The molecule has 0 unspecified atom stereocenters. The van der Waals surface area contributed by atoms with Crippen molar-refractivity contribution in [2.24, 2.45) is 0 Å². The molecule has 6 nitrogen and oxygen atoms in total. The number of benzene rings is 2. The van der Waals surface area contributed by atoms with E-state index in [0.29, 0.717) is 18.8 Å². The highest BCUT2D eigenvalue weighted by Crippen LogP contribution is 2.23. The molecule has 168 valence electrons. The molecule has 0 saturated carbocycles. The van der Waals surface area contributed by atoms with Gasteiger partial charge in [0.05, 0.1) is 24.9 Å². The van der Waals surface area contributed by atoms with Crippen molar-refractivity contribution in [1.82, 2.24) is 14.8 Å². The molecule has 1 aliphatic heterocycles. The average molecular weight is 451 g/mol. The Morgan fingerprint density at radius 3 is 2.62 bits per heavy atom. The van der Waals surface area contributed by atoms with Gasteiger partial charge < -0.3 is 14.6 Å². The first-order chi connectivity index (χ1) is 15.5. The Balaban J connectivity index is 1.47. The van der Waals surface area contributed by atoms with Gasteiger partial charge in [0.2, 0.25) is 0 Å². The second-order valence-electron chi connectivity index (χ2n) is 8.39. The first-order valence-corrected chi connectivity index (χ1v) is 12.1. The summed E-state index contributed by atoms with van der Waals surface area (Å²) >= 11 is 1.44. The second kappa shape index (κ2) is 10.3. The van der Waals surface area contributed by atoms with Gasteiger partial charge in [-0.2, -0.15) is 0 Å². The zero-order valence-electron chi connectivity index (χ0n) is 18.9. The lowest BCUT2D eigenvalue weighted by Crippen LogP contribution is -2.19. The van der Waals surface area contributed by atoms with Crippen molar-refractivity contribution in [2.45, 2.75) is 58.0 Å². The minimum absolute atomic E-state index is 0.0941. The van der Waals surface area contributed by atoms with E-state index in [2.05, 4.69) is 52.1 Å². The van der Waals surface area contributed by atoms with Crippen LogP contribution in [0.4, 0.5) is 5.69 Å². The van der Waals surface area contributed by atoms with Crippen LogP contribution < -0.4 is 5.32 Å². The number of nitrogens with one attached hydrogen (secondary N) is 1. The van der Waals surface area contributed by atoms with Gasteiger partial charge in [-0.05, 0) is 45.2 Å². The summed E-state index contributed by atoms with van der Waals surface area (Å²) in [6.45, 7) is 8.29. The Kier molecular flexibility index (Phi) is 7.27. The highest BCUT2D eigenvalue weighted by Gasteiger charge is 2.21. The zero-order valence-corrected chi connectivity index (χ0v) is 19.7. The molecule has 2 aromatic carbocycles. The molecule has 0 radical (unpaired) electrons. The monoisotopic (exact) mass is 450 g/mol. The van der Waals surface area contributed by atoms with Gasteiger partial charge in [0.15, 0.2) is 16.8 Å². The largest absolute Gasteiger partial charge is 0.378 e. The van der Waals surface area contributed by atoms with Crippen molar-refractivity contribution >= 4 is 23.2 Å². The predicted octanol–water partition coefficient (Wildman–Crippen LogP) is 4.97. The summed E-state index contributed by atoms with van der Waals surface area (Å²) in [6.07, 6.45) is 2.28. The van der Waals surface area contributed by atoms with Crippen LogP contribution in [0.2, 0.25) is 0 Å². The lowest BCUT2D eigenvalue weighted by atomic mass is 10.1. The third kappa shape index (κ3) is 5.58. The molecule has 1 aliphatic rings. The normalized spacial score (nSPS) is 15.8. The van der Waals surface area contributed by atoms with Gasteiger partial charge >= 0.3 is 0 Å². The van der Waals surface area contributed by atoms with Gasteiger partial charge in [-0.1, -0.05) is 59.3 Å². The molecule has 0 amide bonds. The van der Waals surface area contributed by atoms with Crippen LogP contribution in [0.5, 0.6) is 0 Å². The van der Waals surface area contributed by atoms with Gasteiger partial charge in [0.1, 0.15) is 0 Å². The van der Waals surface area contributed by atoms with Crippen molar-refractivity contribution in [1.29, 1.82) is 0 Å². The van der Waals surface area contributed by atoms with E-state index in [1.54, 1.807) is 0 Å². The number of ketones is 1. The van der Waals surface area contributed by atoms with Crippen molar-refractivity contribution in [2.75, 3.05) is 17.7 Å². The number of carbonyl (C=O) groups is 1. The van der Waals surface area contributed by atoms with E-state index in [1.807, 2.05) is 31.2 Å². The third-order valence-corrected chi connectivity index (χ3v) is 6.70. The highest BCUT2D eigenvalue weighted by atomic mass is 32.2. The SMILES string of the molecule is Cc1ccc(C(=O)CSc2nnc(CNc3ccc(C)cc3C)n2C[C@@H]2CCCO2)cc1. The Morgan fingerprint density at radius 1 is 1.12 bits per heavy atom. The van der Waals surface area contributed by atoms with Gasteiger partial charge in [0.25, 0.3) is 0 Å². The van der Waals surface area contributed by atoms with Crippen LogP contribution in [0, 0.1) is 20.8 Å². The molecule has 1 N–H and O–H groups in total. The van der Waals surface area contributed by atoms with E-state index in [4.69, 9.17) is 4.74 Å².